The molecule has 0 aliphatic rings. The Balaban J connectivity index is 3.03. The number of aromatic nitrogens is 2. The summed E-state index contributed by atoms with van der Waals surface area (Å²) in [4.78, 5) is 9.57. The first-order chi connectivity index (χ1) is 9.75. The number of hydrogen-bond acceptors (Lipinski definition) is 4. The highest BCUT2D eigenvalue weighted by atomic mass is 32.2. The molecule has 0 radical (unpaired) electrons. The minimum Gasteiger partial charge on any atom is -0.370 e. The molecule has 0 bridgehead atoms. The van der Waals surface area contributed by atoms with Crippen LogP contribution in [0.1, 0.15) is 65.8 Å². The van der Waals surface area contributed by atoms with E-state index in [-0.39, 0.29) is 5.41 Å². The van der Waals surface area contributed by atoms with E-state index in [9.17, 15) is 0 Å². The predicted molar refractivity (Wildman–Crippen MR) is 94.4 cm³/mol. The van der Waals surface area contributed by atoms with Crippen molar-refractivity contribution in [3.63, 3.8) is 0 Å². The third-order valence-electron chi connectivity index (χ3n) is 3.25. The lowest BCUT2D eigenvalue weighted by molar-refractivity contribution is 0.538. The van der Waals surface area contributed by atoms with Crippen LogP contribution >= 0.6 is 11.8 Å². The van der Waals surface area contributed by atoms with E-state index in [1.54, 1.807) is 0 Å². The summed E-state index contributed by atoms with van der Waals surface area (Å²) in [5.41, 5.74) is 1.16. The van der Waals surface area contributed by atoms with Crippen molar-refractivity contribution in [1.29, 1.82) is 0 Å². The fourth-order valence-corrected chi connectivity index (χ4v) is 3.03. The monoisotopic (exact) mass is 309 g/mol. The Morgan fingerprint density at radius 3 is 2.38 bits per heavy atom. The molecule has 0 aliphatic heterocycles. The molecule has 0 aliphatic carbocycles. The molecule has 0 saturated carbocycles. The molecule has 1 aromatic rings. The van der Waals surface area contributed by atoms with Crippen molar-refractivity contribution in [2.45, 2.75) is 71.7 Å². The lowest BCUT2D eigenvalue weighted by Crippen LogP contribution is -2.19. The quantitative estimate of drug-likeness (QED) is 0.565. The average Bonchev–Trinajstić information content (AvgIpc) is 2.37. The van der Waals surface area contributed by atoms with Crippen molar-refractivity contribution in [3.05, 3.63) is 11.4 Å². The van der Waals surface area contributed by atoms with Crippen LogP contribution in [0.25, 0.3) is 0 Å². The second-order valence-electron chi connectivity index (χ2n) is 7.03. The topological polar surface area (TPSA) is 37.8 Å². The summed E-state index contributed by atoms with van der Waals surface area (Å²) in [5.74, 6) is 3.79. The Bertz CT molecular complexity index is 450. The number of hydrogen-bond donors (Lipinski definition) is 1. The van der Waals surface area contributed by atoms with E-state index >= 15 is 0 Å². The van der Waals surface area contributed by atoms with E-state index in [1.807, 2.05) is 11.8 Å². The first kappa shape index (κ1) is 18.3. The Morgan fingerprint density at radius 2 is 1.86 bits per heavy atom. The average molecular weight is 310 g/mol. The molecule has 0 fully saturated rings. The van der Waals surface area contributed by atoms with Gasteiger partial charge in [-0.1, -0.05) is 41.5 Å². The second-order valence-corrected chi connectivity index (χ2v) is 8.12. The zero-order chi connectivity index (χ0) is 16.0. The number of thioether (sulfide) groups is 1. The summed E-state index contributed by atoms with van der Waals surface area (Å²) in [7, 11) is 0. The van der Waals surface area contributed by atoms with Gasteiger partial charge < -0.3 is 5.32 Å². The minimum atomic E-state index is -0.0241. The fraction of sp³-hybridized carbons (Fsp3) is 0.765. The molecule has 4 heteroatoms. The van der Waals surface area contributed by atoms with Gasteiger partial charge in [0.15, 0.2) is 0 Å². The van der Waals surface area contributed by atoms with Crippen molar-refractivity contribution in [2.24, 2.45) is 5.92 Å². The Morgan fingerprint density at radius 1 is 1.19 bits per heavy atom. The summed E-state index contributed by atoms with van der Waals surface area (Å²) < 4.78 is 0. The molecular weight excluding hydrogens is 278 g/mol. The molecule has 3 nitrogen and oxygen atoms in total. The smallest absolute Gasteiger partial charge is 0.137 e. The fourth-order valence-electron chi connectivity index (χ4n) is 1.78. The molecular formula is C17H31N3S. The highest BCUT2D eigenvalue weighted by molar-refractivity contribution is 7.99. The molecule has 1 N–H and O–H groups in total. The van der Waals surface area contributed by atoms with Crippen LogP contribution in [0, 0.1) is 12.8 Å². The SMILES string of the molecule is CCCNc1nc(C(C)(C)C)nc(SCCC(C)C)c1C. The zero-order valence-corrected chi connectivity index (χ0v) is 15.5. The van der Waals surface area contributed by atoms with Gasteiger partial charge in [0.05, 0.1) is 0 Å². The molecule has 0 saturated heterocycles. The van der Waals surface area contributed by atoms with E-state index in [4.69, 9.17) is 9.97 Å². The van der Waals surface area contributed by atoms with Gasteiger partial charge in [-0.3, -0.25) is 0 Å². The van der Waals surface area contributed by atoms with E-state index in [0.717, 1.165) is 41.3 Å². The van der Waals surface area contributed by atoms with E-state index in [2.05, 4.69) is 53.8 Å². The van der Waals surface area contributed by atoms with Crippen LogP contribution in [-0.4, -0.2) is 22.3 Å². The summed E-state index contributed by atoms with van der Waals surface area (Å²) in [5, 5.41) is 4.58. The van der Waals surface area contributed by atoms with Crippen molar-refractivity contribution in [3.8, 4) is 0 Å². The lowest BCUT2D eigenvalue weighted by Gasteiger charge is -2.21. The summed E-state index contributed by atoms with van der Waals surface area (Å²) in [6, 6.07) is 0. The molecule has 1 aromatic heterocycles. The highest BCUT2D eigenvalue weighted by Crippen LogP contribution is 2.30. The third-order valence-corrected chi connectivity index (χ3v) is 4.36. The van der Waals surface area contributed by atoms with Gasteiger partial charge in [0.2, 0.25) is 0 Å². The molecule has 21 heavy (non-hydrogen) atoms. The maximum absolute atomic E-state index is 4.82. The van der Waals surface area contributed by atoms with Gasteiger partial charge in [-0.2, -0.15) is 0 Å². The van der Waals surface area contributed by atoms with E-state index < -0.39 is 0 Å². The van der Waals surface area contributed by atoms with Gasteiger partial charge >= 0.3 is 0 Å². The first-order valence-electron chi connectivity index (χ1n) is 8.01. The molecule has 0 atom stereocenters. The van der Waals surface area contributed by atoms with Gasteiger partial charge in [0.1, 0.15) is 16.7 Å². The normalized spacial score (nSPS) is 12.0. The van der Waals surface area contributed by atoms with Crippen LogP contribution in [0.3, 0.4) is 0 Å². The van der Waals surface area contributed by atoms with Gasteiger partial charge in [0, 0.05) is 17.5 Å². The van der Waals surface area contributed by atoms with Crippen LogP contribution in [0.15, 0.2) is 5.03 Å². The highest BCUT2D eigenvalue weighted by Gasteiger charge is 2.21. The maximum Gasteiger partial charge on any atom is 0.137 e. The summed E-state index contributed by atoms with van der Waals surface area (Å²) in [6.07, 6.45) is 2.32. The zero-order valence-electron chi connectivity index (χ0n) is 14.7. The number of nitrogens with zero attached hydrogens (tertiary/aromatic N) is 2. The molecule has 0 unspecified atom stereocenters. The van der Waals surface area contributed by atoms with E-state index in [0.29, 0.717) is 0 Å². The number of rotatable bonds is 7. The Labute approximate surface area is 134 Å². The maximum atomic E-state index is 4.82. The molecule has 0 aromatic carbocycles. The predicted octanol–water partition coefficient (Wildman–Crippen LogP) is 5.04. The third kappa shape index (κ3) is 5.85. The van der Waals surface area contributed by atoms with Crippen molar-refractivity contribution < 1.29 is 0 Å². The van der Waals surface area contributed by atoms with Crippen molar-refractivity contribution >= 4 is 17.6 Å². The van der Waals surface area contributed by atoms with Crippen LogP contribution in [0.5, 0.6) is 0 Å². The minimum absolute atomic E-state index is 0.0241. The first-order valence-corrected chi connectivity index (χ1v) is 9.00. The molecule has 1 rings (SSSR count). The standard InChI is InChI=1S/C17H31N3S/c1-8-10-18-14-13(4)15(21-11-9-12(2)3)20-16(19-14)17(5,6)7/h12H,8-11H2,1-7H3,(H,18,19,20). The summed E-state index contributed by atoms with van der Waals surface area (Å²) >= 11 is 1.86. The van der Waals surface area contributed by atoms with Crippen molar-refractivity contribution in [2.75, 3.05) is 17.6 Å². The molecule has 0 amide bonds. The van der Waals surface area contributed by atoms with Crippen LogP contribution < -0.4 is 5.32 Å². The van der Waals surface area contributed by atoms with Gasteiger partial charge in [-0.15, -0.1) is 11.8 Å². The lowest BCUT2D eigenvalue weighted by atomic mass is 9.95. The summed E-state index contributed by atoms with van der Waals surface area (Å²) in [6.45, 7) is 16.3. The van der Waals surface area contributed by atoms with Crippen LogP contribution in [-0.2, 0) is 5.41 Å². The largest absolute Gasteiger partial charge is 0.370 e. The number of nitrogens with one attached hydrogen (secondary N) is 1. The Kier molecular flexibility index (Phi) is 6.98. The molecule has 0 spiro atoms. The van der Waals surface area contributed by atoms with Crippen LogP contribution in [0.4, 0.5) is 5.82 Å². The molecule has 1 heterocycles. The Hall–Kier alpha value is -0.770. The van der Waals surface area contributed by atoms with E-state index in [1.165, 1.54) is 12.0 Å². The van der Waals surface area contributed by atoms with Gasteiger partial charge in [-0.05, 0) is 31.4 Å². The van der Waals surface area contributed by atoms with Crippen LogP contribution in [0.2, 0.25) is 0 Å². The van der Waals surface area contributed by atoms with Gasteiger partial charge in [0.25, 0.3) is 0 Å². The number of anilines is 1. The van der Waals surface area contributed by atoms with Crippen molar-refractivity contribution in [1.82, 2.24) is 9.97 Å². The van der Waals surface area contributed by atoms with Gasteiger partial charge in [-0.25, -0.2) is 9.97 Å². The molecule has 120 valence electrons. The second kappa shape index (κ2) is 8.02.